The minimum Gasteiger partial charge on any atom is -0.394 e. The van der Waals surface area contributed by atoms with Gasteiger partial charge in [-0.25, -0.2) is 4.79 Å². The first-order valence-electron chi connectivity index (χ1n) is 24.0. The second-order valence-electron chi connectivity index (χ2n) is 18.0. The van der Waals surface area contributed by atoms with E-state index in [1.165, 1.54) is 4.90 Å². The van der Waals surface area contributed by atoms with Crippen LogP contribution >= 0.6 is 0 Å². The summed E-state index contributed by atoms with van der Waals surface area (Å²) in [6.07, 6.45) is -5.48. The topological polar surface area (TPSA) is 526 Å². The van der Waals surface area contributed by atoms with Gasteiger partial charge in [0.25, 0.3) is 5.56 Å². The lowest BCUT2D eigenvalue weighted by molar-refractivity contribution is -0.143. The molecule has 2 aliphatic rings. The SMILES string of the molecule is CC(C)[C@H](NC(=O)[C@@H](N)CCCN=C(N)N)C(=O)N1CCC[C@H]1C(=O)N[C@@H](CO)C(=O)N[C@@H](CCC(=O)NCCOC[C@H]1O[C@@H](n2ccc(=O)[nH]c2=O)[C@H](O)[C@@H]1O)C(=O)N[C@@H](CCC(N)=O)C(=O)N[C@@H](CO)C(N)=O. The van der Waals surface area contributed by atoms with Crippen molar-refractivity contribution in [2.24, 2.45) is 39.6 Å². The number of carbonyl (C=O) groups is 9. The Bertz CT molecular complexity index is 2310. The smallest absolute Gasteiger partial charge is 0.330 e. The number of aliphatic hydroxyl groups excluding tert-OH is 4. The van der Waals surface area contributed by atoms with Crippen molar-refractivity contribution in [2.75, 3.05) is 46.1 Å². The Morgan fingerprint density at radius 1 is 0.827 bits per heavy atom. The van der Waals surface area contributed by atoms with E-state index in [0.29, 0.717) is 12.8 Å². The van der Waals surface area contributed by atoms with Crippen molar-refractivity contribution in [3.63, 3.8) is 0 Å². The maximum atomic E-state index is 13.9. The predicted molar refractivity (Wildman–Crippen MR) is 259 cm³/mol. The number of nitrogens with one attached hydrogen (secondary N) is 7. The largest absolute Gasteiger partial charge is 0.394 e. The monoisotopic (exact) mass is 1070 g/mol. The van der Waals surface area contributed by atoms with Gasteiger partial charge in [0, 0.05) is 44.7 Å². The van der Waals surface area contributed by atoms with E-state index in [-0.39, 0.29) is 51.6 Å². The van der Waals surface area contributed by atoms with Crippen molar-refractivity contribution >= 4 is 59.1 Å². The summed E-state index contributed by atoms with van der Waals surface area (Å²) in [6, 6.07) is -9.08. The molecule has 0 spiro atoms. The summed E-state index contributed by atoms with van der Waals surface area (Å²) in [5.74, 6) is -8.92. The first-order chi connectivity index (χ1) is 35.4. The second-order valence-corrected chi connectivity index (χ2v) is 18.0. The number of aromatic amines is 1. The van der Waals surface area contributed by atoms with E-state index in [4.69, 9.17) is 38.1 Å². The summed E-state index contributed by atoms with van der Waals surface area (Å²) in [5.41, 5.74) is 25.6. The molecule has 0 bridgehead atoms. The number of nitrogens with two attached hydrogens (primary N) is 5. The Balaban J connectivity index is 1.72. The molecule has 9 amide bonds. The van der Waals surface area contributed by atoms with Crippen LogP contribution in [0.15, 0.2) is 26.8 Å². The lowest BCUT2D eigenvalue weighted by Crippen LogP contribution is -2.60. The Kier molecular flexibility index (Phi) is 25.1. The highest BCUT2D eigenvalue weighted by atomic mass is 16.6. The van der Waals surface area contributed by atoms with Gasteiger partial charge in [0.15, 0.2) is 12.2 Å². The van der Waals surface area contributed by atoms with Gasteiger partial charge in [-0.3, -0.25) is 62.5 Å². The number of guanidine groups is 1. The fraction of sp³-hybridized carbons (Fsp3) is 0.674. The normalized spacial score (nSPS) is 20.6. The summed E-state index contributed by atoms with van der Waals surface area (Å²) in [4.78, 5) is 149. The average molecular weight is 1070 g/mol. The fourth-order valence-electron chi connectivity index (χ4n) is 7.77. The molecule has 420 valence electrons. The van der Waals surface area contributed by atoms with Crippen LogP contribution in [-0.2, 0) is 52.6 Å². The number of hydrogen-bond donors (Lipinski definition) is 16. The quantitative estimate of drug-likeness (QED) is 0.0186. The molecule has 1 aromatic rings. The summed E-state index contributed by atoms with van der Waals surface area (Å²) < 4.78 is 11.9. The predicted octanol–water partition coefficient (Wildman–Crippen LogP) is -9.74. The van der Waals surface area contributed by atoms with Gasteiger partial charge in [0.1, 0.15) is 54.6 Å². The Morgan fingerprint density at radius 3 is 2.01 bits per heavy atom. The minimum atomic E-state index is -1.78. The molecule has 2 aliphatic heterocycles. The molecule has 0 saturated carbocycles. The standard InChI is InChI=1S/C43H71N15O17/c1-20(2)31(56-35(67)21(44)5-3-12-50-42(47)48)40(72)57-14-4-6-26(57)39(71)54-25(18-60)38(70)52-23(36(68)51-22(7-9-28(45)61)37(69)53-24(17-59)34(46)66)8-10-29(62)49-13-16-74-19-27-32(64)33(65)41(75-27)58-15-11-30(63)55-43(58)73/h11,15,20-27,31-33,41,59-60,64-65H,3-10,12-14,16-19,44H2,1-2H3,(H2,45,61)(H2,46,66)(H,49,62)(H,51,68)(H,52,70)(H,53,69)(H,54,71)(H,56,67)(H4,47,48,50)(H,55,63,73)/t21-,22-,23-,24-,25-,26-,27+,31-,32+,33+,41+/m0/s1. The van der Waals surface area contributed by atoms with Crippen molar-refractivity contribution in [1.29, 1.82) is 0 Å². The zero-order chi connectivity index (χ0) is 56.1. The van der Waals surface area contributed by atoms with Gasteiger partial charge in [-0.2, -0.15) is 0 Å². The van der Waals surface area contributed by atoms with Gasteiger partial charge >= 0.3 is 5.69 Å². The van der Waals surface area contributed by atoms with Gasteiger partial charge in [0.2, 0.25) is 53.2 Å². The molecule has 0 radical (unpaired) electrons. The summed E-state index contributed by atoms with van der Waals surface area (Å²) in [6.45, 7) is 0.966. The second kappa shape index (κ2) is 30.3. The van der Waals surface area contributed by atoms with Crippen molar-refractivity contribution < 1.29 is 73.1 Å². The molecular formula is C43H71N15O17. The number of primary amides is 2. The van der Waals surface area contributed by atoms with Gasteiger partial charge < -0.3 is 95.4 Å². The van der Waals surface area contributed by atoms with Crippen molar-refractivity contribution in [1.82, 2.24) is 46.4 Å². The van der Waals surface area contributed by atoms with E-state index in [9.17, 15) is 73.2 Å². The van der Waals surface area contributed by atoms with E-state index in [1.807, 2.05) is 4.98 Å². The molecular weight excluding hydrogens is 999 g/mol. The van der Waals surface area contributed by atoms with E-state index < -0.39 is 176 Å². The number of aliphatic imine (C=N–C) groups is 1. The molecule has 0 aliphatic carbocycles. The van der Waals surface area contributed by atoms with Crippen LogP contribution in [0.25, 0.3) is 0 Å². The number of ether oxygens (including phenoxy) is 2. The Morgan fingerprint density at radius 2 is 1.44 bits per heavy atom. The molecule has 3 heterocycles. The zero-order valence-electron chi connectivity index (χ0n) is 41.5. The Hall–Kier alpha value is -7.10. The number of amides is 9. The summed E-state index contributed by atoms with van der Waals surface area (Å²) >= 11 is 0. The third-order valence-corrected chi connectivity index (χ3v) is 12.0. The van der Waals surface area contributed by atoms with Gasteiger partial charge in [-0.05, 0) is 44.4 Å². The maximum Gasteiger partial charge on any atom is 0.330 e. The van der Waals surface area contributed by atoms with Crippen LogP contribution in [0.1, 0.15) is 71.4 Å². The van der Waals surface area contributed by atoms with Crippen molar-refractivity contribution in [3.8, 4) is 0 Å². The van der Waals surface area contributed by atoms with Crippen LogP contribution in [-0.4, -0.2) is 201 Å². The molecule has 2 fully saturated rings. The molecule has 75 heavy (non-hydrogen) atoms. The third kappa shape index (κ3) is 19.3. The fourth-order valence-corrected chi connectivity index (χ4v) is 7.77. The van der Waals surface area contributed by atoms with Crippen LogP contribution in [0, 0.1) is 5.92 Å². The number of aromatic nitrogens is 2. The minimum absolute atomic E-state index is 0.0849. The first kappa shape index (κ1) is 62.2. The molecule has 1 aromatic heterocycles. The van der Waals surface area contributed by atoms with Crippen LogP contribution in [0.2, 0.25) is 0 Å². The molecule has 3 rings (SSSR count). The molecule has 11 atom stereocenters. The van der Waals surface area contributed by atoms with E-state index >= 15 is 0 Å². The highest BCUT2D eigenvalue weighted by Gasteiger charge is 2.44. The number of rotatable bonds is 31. The Labute approximate surface area is 428 Å². The summed E-state index contributed by atoms with van der Waals surface area (Å²) in [7, 11) is 0. The zero-order valence-corrected chi connectivity index (χ0v) is 41.5. The van der Waals surface area contributed by atoms with Gasteiger partial charge in [-0.1, -0.05) is 13.8 Å². The molecule has 32 nitrogen and oxygen atoms in total. The first-order valence-corrected chi connectivity index (χ1v) is 24.0. The van der Waals surface area contributed by atoms with Gasteiger partial charge in [-0.15, -0.1) is 0 Å². The van der Waals surface area contributed by atoms with Crippen molar-refractivity contribution in [2.45, 2.75) is 132 Å². The van der Waals surface area contributed by atoms with E-state index in [1.54, 1.807) is 13.8 Å². The van der Waals surface area contributed by atoms with Gasteiger partial charge in [0.05, 0.1) is 32.5 Å². The number of hydrogen-bond acceptors (Lipinski definition) is 19. The number of likely N-dealkylation sites (tertiary alicyclic amines) is 1. The van der Waals surface area contributed by atoms with E-state index in [0.717, 1.165) is 16.8 Å². The van der Waals surface area contributed by atoms with E-state index in [2.05, 4.69) is 36.9 Å². The van der Waals surface area contributed by atoms with Crippen LogP contribution in [0.5, 0.6) is 0 Å². The number of H-pyrrole nitrogens is 1. The third-order valence-electron chi connectivity index (χ3n) is 12.0. The number of carbonyl (C=O) groups excluding carboxylic acids is 9. The molecule has 0 aromatic carbocycles. The molecule has 2 saturated heterocycles. The van der Waals surface area contributed by atoms with Crippen LogP contribution in [0.4, 0.5) is 0 Å². The molecule has 21 N–H and O–H groups in total. The molecule has 32 heteroatoms. The maximum absolute atomic E-state index is 13.9. The molecule has 0 unspecified atom stereocenters. The highest BCUT2D eigenvalue weighted by molar-refractivity contribution is 5.98. The summed E-state index contributed by atoms with van der Waals surface area (Å²) in [5, 5.41) is 55.1. The lowest BCUT2D eigenvalue weighted by Gasteiger charge is -2.31. The van der Waals surface area contributed by atoms with Crippen LogP contribution < -0.4 is 71.8 Å². The average Bonchev–Trinajstić information content (AvgIpc) is 3.96. The number of nitrogens with zero attached hydrogens (tertiary/aromatic N) is 3. The number of aliphatic hydroxyl groups is 4. The van der Waals surface area contributed by atoms with Crippen LogP contribution in [0.3, 0.4) is 0 Å². The lowest BCUT2D eigenvalue weighted by atomic mass is 10.0. The highest BCUT2D eigenvalue weighted by Crippen LogP contribution is 2.28. The van der Waals surface area contributed by atoms with Crippen molar-refractivity contribution in [3.05, 3.63) is 33.1 Å².